The second-order valence-electron chi connectivity index (χ2n) is 7.98. The Balaban J connectivity index is 2.17. The molecule has 0 radical (unpaired) electrons. The molecule has 2 aromatic heterocycles. The van der Waals surface area contributed by atoms with Crippen LogP contribution in [0.3, 0.4) is 0 Å². The van der Waals surface area contributed by atoms with Gasteiger partial charge in [0.1, 0.15) is 5.75 Å². The summed E-state index contributed by atoms with van der Waals surface area (Å²) in [4.78, 5) is 55.9. The van der Waals surface area contributed by atoms with E-state index in [4.69, 9.17) is 4.74 Å². The summed E-state index contributed by atoms with van der Waals surface area (Å²) in [6.45, 7) is 6.72. The Morgan fingerprint density at radius 1 is 0.903 bits per heavy atom. The Kier molecular flexibility index (Phi) is 4.72. The van der Waals surface area contributed by atoms with Crippen molar-refractivity contribution in [3.8, 4) is 17.5 Å². The molecule has 1 aliphatic heterocycles. The lowest BCUT2D eigenvalue weighted by atomic mass is 9.84. The van der Waals surface area contributed by atoms with E-state index in [1.165, 1.54) is 0 Å². The van der Waals surface area contributed by atoms with Gasteiger partial charge in [-0.1, -0.05) is 18.2 Å². The van der Waals surface area contributed by atoms with Gasteiger partial charge >= 0.3 is 11.4 Å². The van der Waals surface area contributed by atoms with Gasteiger partial charge in [0.05, 0.1) is 17.0 Å². The maximum atomic E-state index is 13.4. The Labute approximate surface area is 175 Å². The third-order valence-corrected chi connectivity index (χ3v) is 5.34. The number of nitrogens with zero attached hydrogens (tertiary/aromatic N) is 2. The second-order valence-corrected chi connectivity index (χ2v) is 7.98. The summed E-state index contributed by atoms with van der Waals surface area (Å²) in [5.41, 5.74) is -2.61. The number of aromatic amines is 2. The summed E-state index contributed by atoms with van der Waals surface area (Å²) in [5.74, 6) is -1.39. The normalized spacial score (nSPS) is 15.0. The van der Waals surface area contributed by atoms with Crippen molar-refractivity contribution < 1.29 is 9.84 Å². The number of aromatic nitrogens is 4. The zero-order valence-electron chi connectivity index (χ0n) is 17.4. The molecule has 1 aliphatic rings. The minimum absolute atomic E-state index is 0.00163. The van der Waals surface area contributed by atoms with Gasteiger partial charge in [-0.15, -0.1) is 0 Å². The first-order chi connectivity index (χ1) is 14.6. The quantitative estimate of drug-likeness (QED) is 0.454. The van der Waals surface area contributed by atoms with E-state index in [1.807, 2.05) is 0 Å². The maximum absolute atomic E-state index is 13.4. The number of fused-ring (bicyclic) bond motifs is 2. The number of ether oxygens (including phenoxy) is 1. The number of rotatable bonds is 3. The first-order valence-corrected chi connectivity index (χ1v) is 9.86. The molecule has 0 saturated heterocycles. The number of hydrogen-bond acceptors (Lipinski definition) is 6. The van der Waals surface area contributed by atoms with Crippen molar-refractivity contribution >= 4 is 0 Å². The molecule has 3 N–H and O–H groups in total. The van der Waals surface area contributed by atoms with Gasteiger partial charge in [-0.2, -0.15) is 0 Å². The van der Waals surface area contributed by atoms with E-state index >= 15 is 0 Å². The fourth-order valence-corrected chi connectivity index (χ4v) is 4.02. The Bertz CT molecular complexity index is 1420. The maximum Gasteiger partial charge on any atom is 0.331 e. The number of H-pyrrole nitrogens is 2. The summed E-state index contributed by atoms with van der Waals surface area (Å²) >= 11 is 0. The molecule has 0 bridgehead atoms. The topological polar surface area (TPSA) is 139 Å². The van der Waals surface area contributed by atoms with Crippen LogP contribution >= 0.6 is 0 Å². The van der Waals surface area contributed by atoms with Crippen LogP contribution in [0.2, 0.25) is 0 Å². The number of aromatic hydroxyl groups is 1. The monoisotopic (exact) mass is 426 g/mol. The highest BCUT2D eigenvalue weighted by atomic mass is 16.5. The minimum Gasteiger partial charge on any atom is -0.494 e. The van der Waals surface area contributed by atoms with Crippen molar-refractivity contribution in [3.63, 3.8) is 0 Å². The predicted molar refractivity (Wildman–Crippen MR) is 113 cm³/mol. The molecule has 1 aromatic carbocycles. The van der Waals surface area contributed by atoms with E-state index in [1.54, 1.807) is 52.0 Å². The zero-order valence-corrected chi connectivity index (χ0v) is 17.4. The molecule has 1 atom stereocenters. The van der Waals surface area contributed by atoms with Crippen molar-refractivity contribution in [1.82, 2.24) is 19.1 Å². The fraction of sp³-hybridized carbons (Fsp3) is 0.333. The second kappa shape index (κ2) is 7.15. The highest BCUT2D eigenvalue weighted by Gasteiger charge is 2.38. The van der Waals surface area contributed by atoms with Crippen LogP contribution in [0.5, 0.6) is 17.5 Å². The minimum atomic E-state index is -1.07. The molecule has 4 rings (SSSR count). The van der Waals surface area contributed by atoms with E-state index in [2.05, 4.69) is 9.97 Å². The lowest BCUT2D eigenvalue weighted by molar-refractivity contribution is 0.368. The third kappa shape index (κ3) is 3.02. The van der Waals surface area contributed by atoms with Crippen LogP contribution in [-0.2, 0) is 0 Å². The van der Waals surface area contributed by atoms with Gasteiger partial charge in [0.15, 0.2) is 0 Å². The number of nitrogens with one attached hydrogen (secondary N) is 2. The summed E-state index contributed by atoms with van der Waals surface area (Å²) in [6.07, 6.45) is 0. The van der Waals surface area contributed by atoms with Gasteiger partial charge in [-0.3, -0.25) is 28.7 Å². The Morgan fingerprint density at radius 2 is 1.52 bits per heavy atom. The van der Waals surface area contributed by atoms with Crippen molar-refractivity contribution in [2.24, 2.45) is 0 Å². The first-order valence-electron chi connectivity index (χ1n) is 9.86. The van der Waals surface area contributed by atoms with Crippen molar-refractivity contribution in [2.75, 3.05) is 0 Å². The Morgan fingerprint density at radius 3 is 2.16 bits per heavy atom. The summed E-state index contributed by atoms with van der Waals surface area (Å²) < 4.78 is 7.84. The van der Waals surface area contributed by atoms with Crippen molar-refractivity contribution in [1.29, 1.82) is 0 Å². The van der Waals surface area contributed by atoms with E-state index in [9.17, 15) is 24.3 Å². The molecule has 1 unspecified atom stereocenters. The molecule has 10 nitrogen and oxygen atoms in total. The molecule has 3 aromatic rings. The average Bonchev–Trinajstić information content (AvgIpc) is 2.66. The van der Waals surface area contributed by atoms with Crippen molar-refractivity contribution in [2.45, 2.75) is 45.7 Å². The molecule has 0 fully saturated rings. The summed E-state index contributed by atoms with van der Waals surface area (Å²) in [6, 6.07) is 5.78. The summed E-state index contributed by atoms with van der Waals surface area (Å²) in [7, 11) is 0. The first kappa shape index (κ1) is 20.5. The van der Waals surface area contributed by atoms with Crippen LogP contribution < -0.4 is 27.2 Å². The number of para-hydroxylation sites is 1. The standard InChI is InChI=1S/C21H22N4O6/c1-9(2)24-18(27)14(16(26)22-20(24)29)13-11-7-5-6-8-12(11)31-17-15(13)19(28)25(10(3)4)21(30)23-17/h5-10,13,27H,1-4H3,(H,23,30)(H,22,26,29). The average molecular weight is 426 g/mol. The molecule has 3 heterocycles. The largest absolute Gasteiger partial charge is 0.494 e. The highest BCUT2D eigenvalue weighted by molar-refractivity contribution is 5.56. The van der Waals surface area contributed by atoms with Crippen LogP contribution in [0.1, 0.15) is 62.4 Å². The van der Waals surface area contributed by atoms with Crippen LogP contribution in [0, 0.1) is 0 Å². The fourth-order valence-electron chi connectivity index (χ4n) is 4.02. The Hall–Kier alpha value is -3.82. The van der Waals surface area contributed by atoms with Gasteiger partial charge in [0.25, 0.3) is 11.1 Å². The number of benzene rings is 1. The molecule has 31 heavy (non-hydrogen) atoms. The summed E-state index contributed by atoms with van der Waals surface area (Å²) in [5, 5.41) is 11.0. The van der Waals surface area contributed by atoms with Crippen LogP contribution in [0.15, 0.2) is 43.4 Å². The number of hydrogen-bond donors (Lipinski definition) is 3. The predicted octanol–water partition coefficient (Wildman–Crippen LogP) is 1.54. The van der Waals surface area contributed by atoms with Crippen molar-refractivity contribution in [3.05, 3.63) is 82.6 Å². The molecule has 162 valence electrons. The molecule has 0 saturated carbocycles. The van der Waals surface area contributed by atoms with E-state index < -0.39 is 46.4 Å². The highest BCUT2D eigenvalue weighted by Crippen LogP contribution is 2.45. The van der Waals surface area contributed by atoms with Gasteiger partial charge in [0.2, 0.25) is 11.8 Å². The molecule has 10 heteroatoms. The molecule has 0 aliphatic carbocycles. The van der Waals surface area contributed by atoms with E-state index in [0.717, 1.165) is 9.13 Å². The van der Waals surface area contributed by atoms with Crippen LogP contribution in [0.25, 0.3) is 0 Å². The van der Waals surface area contributed by atoms with E-state index in [-0.39, 0.29) is 17.0 Å². The van der Waals surface area contributed by atoms with Gasteiger partial charge < -0.3 is 9.84 Å². The molecule has 0 amide bonds. The zero-order chi connectivity index (χ0) is 22.6. The molecular weight excluding hydrogens is 404 g/mol. The molecule has 0 spiro atoms. The molecular formula is C21H22N4O6. The third-order valence-electron chi connectivity index (χ3n) is 5.34. The van der Waals surface area contributed by atoms with Crippen LogP contribution in [0.4, 0.5) is 0 Å². The lowest BCUT2D eigenvalue weighted by Crippen LogP contribution is -2.42. The lowest BCUT2D eigenvalue weighted by Gasteiger charge is -2.28. The van der Waals surface area contributed by atoms with Gasteiger partial charge in [-0.05, 0) is 33.8 Å². The van der Waals surface area contributed by atoms with E-state index in [0.29, 0.717) is 11.3 Å². The smallest absolute Gasteiger partial charge is 0.331 e. The SMILES string of the molecule is CC(C)n1c(O)c(C2c3ccccc3Oc3[nH]c(=O)n(C(C)C)c(=O)c32)c(=O)[nH]c1=O. The van der Waals surface area contributed by atoms with Crippen LogP contribution in [-0.4, -0.2) is 24.2 Å². The van der Waals surface area contributed by atoms with Gasteiger partial charge in [-0.25, -0.2) is 9.59 Å². The van der Waals surface area contributed by atoms with Gasteiger partial charge in [0, 0.05) is 17.6 Å².